The maximum Gasteiger partial charge on any atom is 0.248 e. The summed E-state index contributed by atoms with van der Waals surface area (Å²) in [7, 11) is 1.53. The van der Waals surface area contributed by atoms with Crippen LogP contribution in [0.3, 0.4) is 0 Å². The summed E-state index contributed by atoms with van der Waals surface area (Å²) < 4.78 is 10.9. The molecule has 7 nitrogen and oxygen atoms in total. The summed E-state index contributed by atoms with van der Waals surface area (Å²) in [5.41, 5.74) is 1.71. The van der Waals surface area contributed by atoms with Gasteiger partial charge >= 0.3 is 0 Å². The van der Waals surface area contributed by atoms with Crippen molar-refractivity contribution >= 4 is 11.8 Å². The highest BCUT2D eigenvalue weighted by Gasteiger charge is 2.41. The van der Waals surface area contributed by atoms with E-state index in [0.29, 0.717) is 38.4 Å². The summed E-state index contributed by atoms with van der Waals surface area (Å²) in [5.74, 6) is 1.71. The van der Waals surface area contributed by atoms with Gasteiger partial charge < -0.3 is 19.3 Å². The SMILES string of the molecule is COCC(=O)N1CCC(C)(C(=O)N2CCC[C@@H](c3cccc(Oc4ccc(C)cc4)n3)C2)CC1. The first-order chi connectivity index (χ1) is 16.4. The smallest absolute Gasteiger partial charge is 0.248 e. The Morgan fingerprint density at radius 3 is 2.50 bits per heavy atom. The van der Waals surface area contributed by atoms with E-state index in [9.17, 15) is 9.59 Å². The zero-order chi connectivity index (χ0) is 24.1. The molecule has 0 radical (unpaired) electrons. The number of ether oxygens (including phenoxy) is 2. The Labute approximate surface area is 202 Å². The van der Waals surface area contributed by atoms with Gasteiger partial charge in [-0.15, -0.1) is 0 Å². The molecule has 1 aromatic carbocycles. The summed E-state index contributed by atoms with van der Waals surface area (Å²) >= 11 is 0. The number of pyridine rings is 1. The van der Waals surface area contributed by atoms with Crippen LogP contribution >= 0.6 is 0 Å². The molecular formula is C27H35N3O4. The van der Waals surface area contributed by atoms with Crippen LogP contribution < -0.4 is 4.74 Å². The topological polar surface area (TPSA) is 72.0 Å². The van der Waals surface area contributed by atoms with E-state index in [1.54, 1.807) is 4.90 Å². The third-order valence-electron chi connectivity index (χ3n) is 7.12. The number of piperidine rings is 2. The van der Waals surface area contributed by atoms with Crippen LogP contribution in [0.15, 0.2) is 42.5 Å². The molecule has 0 unspecified atom stereocenters. The molecule has 0 spiro atoms. The molecule has 2 aromatic rings. The summed E-state index contributed by atoms with van der Waals surface area (Å²) in [6.07, 6.45) is 3.32. The highest BCUT2D eigenvalue weighted by atomic mass is 16.5. The quantitative estimate of drug-likeness (QED) is 0.641. The molecule has 2 aliphatic heterocycles. The number of aryl methyl sites for hydroxylation is 1. The highest BCUT2D eigenvalue weighted by molar-refractivity contribution is 5.83. The number of aromatic nitrogens is 1. The van der Waals surface area contributed by atoms with Gasteiger partial charge in [-0.05, 0) is 50.8 Å². The molecule has 1 aromatic heterocycles. The van der Waals surface area contributed by atoms with Crippen LogP contribution in [-0.2, 0) is 14.3 Å². The van der Waals surface area contributed by atoms with E-state index >= 15 is 0 Å². The number of hydrogen-bond acceptors (Lipinski definition) is 5. The molecule has 182 valence electrons. The second kappa shape index (κ2) is 10.6. The molecule has 0 N–H and O–H groups in total. The van der Waals surface area contributed by atoms with Crippen molar-refractivity contribution in [3.05, 3.63) is 53.7 Å². The molecule has 34 heavy (non-hydrogen) atoms. The van der Waals surface area contributed by atoms with Crippen LogP contribution in [0.1, 0.15) is 49.8 Å². The normalized spacial score (nSPS) is 20.1. The number of likely N-dealkylation sites (tertiary alicyclic amines) is 2. The number of hydrogen-bond donors (Lipinski definition) is 0. The van der Waals surface area contributed by atoms with E-state index in [-0.39, 0.29) is 24.3 Å². The van der Waals surface area contributed by atoms with Gasteiger partial charge in [-0.3, -0.25) is 9.59 Å². The molecule has 2 aliphatic rings. The van der Waals surface area contributed by atoms with E-state index in [4.69, 9.17) is 14.5 Å². The van der Waals surface area contributed by atoms with Gasteiger partial charge in [0, 0.05) is 56.4 Å². The molecule has 0 aliphatic carbocycles. The van der Waals surface area contributed by atoms with Crippen molar-refractivity contribution in [2.45, 2.75) is 45.4 Å². The fourth-order valence-corrected chi connectivity index (χ4v) is 4.91. The minimum atomic E-state index is -0.435. The largest absolute Gasteiger partial charge is 0.439 e. The Morgan fingerprint density at radius 2 is 1.79 bits per heavy atom. The minimum Gasteiger partial charge on any atom is -0.439 e. The van der Waals surface area contributed by atoms with E-state index < -0.39 is 5.41 Å². The Kier molecular flexibility index (Phi) is 7.51. The van der Waals surface area contributed by atoms with Gasteiger partial charge in [-0.1, -0.05) is 30.7 Å². The highest BCUT2D eigenvalue weighted by Crippen LogP contribution is 2.36. The molecule has 2 fully saturated rings. The number of amides is 2. The molecule has 2 saturated heterocycles. The maximum absolute atomic E-state index is 13.5. The van der Waals surface area contributed by atoms with E-state index in [1.165, 1.54) is 12.7 Å². The number of rotatable bonds is 6. The number of benzene rings is 1. The minimum absolute atomic E-state index is 0.00570. The number of carbonyl (C=O) groups excluding carboxylic acids is 2. The second-order valence-corrected chi connectivity index (χ2v) is 9.78. The molecule has 1 atom stereocenters. The average molecular weight is 466 g/mol. The lowest BCUT2D eigenvalue weighted by atomic mass is 9.78. The van der Waals surface area contributed by atoms with Crippen LogP contribution in [-0.4, -0.2) is 66.5 Å². The third kappa shape index (κ3) is 5.58. The number of methoxy groups -OCH3 is 1. The Hall–Kier alpha value is -2.93. The number of carbonyl (C=O) groups is 2. The van der Waals surface area contributed by atoms with Crippen molar-refractivity contribution in [1.82, 2.24) is 14.8 Å². The molecule has 7 heteroatoms. The molecule has 3 heterocycles. The monoisotopic (exact) mass is 465 g/mol. The third-order valence-corrected chi connectivity index (χ3v) is 7.12. The van der Waals surface area contributed by atoms with Crippen molar-refractivity contribution in [2.24, 2.45) is 5.41 Å². The van der Waals surface area contributed by atoms with Crippen molar-refractivity contribution in [3.63, 3.8) is 0 Å². The van der Waals surface area contributed by atoms with E-state index in [1.807, 2.05) is 61.2 Å². The number of nitrogens with zero attached hydrogens (tertiary/aromatic N) is 3. The van der Waals surface area contributed by atoms with Gasteiger partial charge in [-0.25, -0.2) is 4.98 Å². The lowest BCUT2D eigenvalue weighted by Gasteiger charge is -2.43. The Morgan fingerprint density at radius 1 is 1.06 bits per heavy atom. The molecular weight excluding hydrogens is 430 g/mol. The van der Waals surface area contributed by atoms with Crippen LogP contribution in [0, 0.1) is 12.3 Å². The molecule has 0 bridgehead atoms. The van der Waals surface area contributed by atoms with E-state index in [0.717, 1.165) is 30.8 Å². The summed E-state index contributed by atoms with van der Waals surface area (Å²) in [6, 6.07) is 13.8. The van der Waals surface area contributed by atoms with Crippen LogP contribution in [0.2, 0.25) is 0 Å². The standard InChI is InChI=1S/C27H35N3O4/c1-20-9-11-22(12-10-20)34-24-8-4-7-23(28-24)21-6-5-15-30(18-21)26(32)27(2)13-16-29(17-14-27)25(31)19-33-3/h4,7-12,21H,5-6,13-19H2,1-3H3/t21-/m1/s1. The second-order valence-electron chi connectivity index (χ2n) is 9.78. The fourth-order valence-electron chi connectivity index (χ4n) is 4.91. The fraction of sp³-hybridized carbons (Fsp3) is 0.519. The van der Waals surface area contributed by atoms with Crippen LogP contribution in [0.5, 0.6) is 11.6 Å². The predicted octanol–water partition coefficient (Wildman–Crippen LogP) is 4.16. The predicted molar refractivity (Wildman–Crippen MR) is 130 cm³/mol. The lowest BCUT2D eigenvalue weighted by Crippen LogP contribution is -2.52. The van der Waals surface area contributed by atoms with Gasteiger partial charge in [-0.2, -0.15) is 0 Å². The Bertz CT molecular complexity index is 999. The average Bonchev–Trinajstić information content (AvgIpc) is 2.86. The van der Waals surface area contributed by atoms with Crippen molar-refractivity contribution in [1.29, 1.82) is 0 Å². The van der Waals surface area contributed by atoms with Crippen LogP contribution in [0.4, 0.5) is 0 Å². The maximum atomic E-state index is 13.5. The zero-order valence-corrected chi connectivity index (χ0v) is 20.5. The van der Waals surface area contributed by atoms with Crippen LogP contribution in [0.25, 0.3) is 0 Å². The van der Waals surface area contributed by atoms with Crippen molar-refractivity contribution < 1.29 is 19.1 Å². The lowest BCUT2D eigenvalue weighted by molar-refractivity contribution is -0.149. The molecule has 4 rings (SSSR count). The van der Waals surface area contributed by atoms with Crippen molar-refractivity contribution in [3.8, 4) is 11.6 Å². The first-order valence-electron chi connectivity index (χ1n) is 12.2. The van der Waals surface area contributed by atoms with Gasteiger partial charge in [0.25, 0.3) is 0 Å². The summed E-state index contributed by atoms with van der Waals surface area (Å²) in [6.45, 7) is 6.83. The summed E-state index contributed by atoms with van der Waals surface area (Å²) in [5, 5.41) is 0. The zero-order valence-electron chi connectivity index (χ0n) is 20.5. The van der Waals surface area contributed by atoms with Gasteiger partial charge in [0.2, 0.25) is 17.7 Å². The van der Waals surface area contributed by atoms with Gasteiger partial charge in [0.15, 0.2) is 0 Å². The molecule has 2 amide bonds. The first kappa shape index (κ1) is 24.2. The van der Waals surface area contributed by atoms with Gasteiger partial charge in [0.05, 0.1) is 0 Å². The summed E-state index contributed by atoms with van der Waals surface area (Å²) in [4.78, 5) is 34.3. The first-order valence-corrected chi connectivity index (χ1v) is 12.2. The molecule has 0 saturated carbocycles. The van der Waals surface area contributed by atoms with Gasteiger partial charge in [0.1, 0.15) is 12.4 Å². The Balaban J connectivity index is 1.39. The van der Waals surface area contributed by atoms with E-state index in [2.05, 4.69) is 0 Å². The van der Waals surface area contributed by atoms with Crippen molar-refractivity contribution in [2.75, 3.05) is 39.9 Å².